The lowest BCUT2D eigenvalue weighted by molar-refractivity contribution is 0.686. The van der Waals surface area contributed by atoms with E-state index in [1.165, 1.54) is 24.8 Å². The molecule has 0 amide bonds. The van der Waals surface area contributed by atoms with Gasteiger partial charge in [-0.25, -0.2) is 0 Å². The van der Waals surface area contributed by atoms with Gasteiger partial charge in [0.2, 0.25) is 0 Å². The highest BCUT2D eigenvalue weighted by Crippen LogP contribution is 2.22. The molecule has 68 valence electrons. The SMILES string of the molecule is c1ccc2c(c1)CCCCCN=N2. The molecule has 2 rings (SSSR count). The predicted octanol–water partition coefficient (Wildman–Crippen LogP) is 3.50. The maximum atomic E-state index is 4.23. The Kier molecular flexibility index (Phi) is 2.70. The molecular formula is C11H14N2. The molecule has 1 aromatic carbocycles. The fourth-order valence-electron chi connectivity index (χ4n) is 1.62. The van der Waals surface area contributed by atoms with E-state index in [-0.39, 0.29) is 0 Å². The molecule has 13 heavy (non-hydrogen) atoms. The van der Waals surface area contributed by atoms with Gasteiger partial charge in [-0.2, -0.15) is 10.2 Å². The largest absolute Gasteiger partial charge is 0.189 e. The fraction of sp³-hybridized carbons (Fsp3) is 0.455. The van der Waals surface area contributed by atoms with Crippen molar-refractivity contribution >= 4 is 5.69 Å². The first-order chi connectivity index (χ1) is 6.47. The van der Waals surface area contributed by atoms with Crippen LogP contribution in [0.5, 0.6) is 0 Å². The zero-order valence-electron chi connectivity index (χ0n) is 7.74. The first-order valence-corrected chi connectivity index (χ1v) is 4.92. The van der Waals surface area contributed by atoms with Gasteiger partial charge in [0, 0.05) is 0 Å². The second kappa shape index (κ2) is 4.17. The van der Waals surface area contributed by atoms with Gasteiger partial charge >= 0.3 is 0 Å². The van der Waals surface area contributed by atoms with Gasteiger partial charge in [-0.3, -0.25) is 0 Å². The molecule has 0 unspecified atom stereocenters. The molecule has 2 nitrogen and oxygen atoms in total. The Bertz CT molecular complexity index is 305. The standard InChI is InChI=1S/C11H14N2/c1-2-6-10-7-3-4-8-11(10)13-12-9-5-1/h3-4,7-8H,1-2,5-6,9H2. The van der Waals surface area contributed by atoms with Crippen molar-refractivity contribution in [3.05, 3.63) is 29.8 Å². The molecule has 1 aromatic rings. The molecule has 1 aliphatic heterocycles. The van der Waals surface area contributed by atoms with Gasteiger partial charge in [0.15, 0.2) is 0 Å². The van der Waals surface area contributed by atoms with E-state index in [4.69, 9.17) is 0 Å². The molecule has 0 spiro atoms. The van der Waals surface area contributed by atoms with Crippen molar-refractivity contribution in [2.75, 3.05) is 6.54 Å². The van der Waals surface area contributed by atoms with E-state index in [9.17, 15) is 0 Å². The summed E-state index contributed by atoms with van der Waals surface area (Å²) in [6.45, 7) is 0.883. The Hall–Kier alpha value is -1.18. The summed E-state index contributed by atoms with van der Waals surface area (Å²) in [5.41, 5.74) is 2.40. The van der Waals surface area contributed by atoms with Crippen LogP contribution in [0.15, 0.2) is 34.5 Å². The minimum atomic E-state index is 0.883. The lowest BCUT2D eigenvalue weighted by Crippen LogP contribution is -1.85. The summed E-state index contributed by atoms with van der Waals surface area (Å²) in [6, 6.07) is 8.30. The van der Waals surface area contributed by atoms with Crippen molar-refractivity contribution in [3.8, 4) is 0 Å². The number of azo groups is 1. The van der Waals surface area contributed by atoms with Gasteiger partial charge in [0.25, 0.3) is 0 Å². The molecule has 1 heterocycles. The second-order valence-electron chi connectivity index (χ2n) is 3.40. The third kappa shape index (κ3) is 2.14. The van der Waals surface area contributed by atoms with Gasteiger partial charge in [-0.05, 0) is 30.9 Å². The van der Waals surface area contributed by atoms with Crippen LogP contribution < -0.4 is 0 Å². The van der Waals surface area contributed by atoms with Crippen LogP contribution in [0.25, 0.3) is 0 Å². The lowest BCUT2D eigenvalue weighted by atomic mass is 10.1. The van der Waals surface area contributed by atoms with Crippen LogP contribution in [0.3, 0.4) is 0 Å². The first kappa shape index (κ1) is 8.42. The normalized spacial score (nSPS) is 16.9. The fourth-order valence-corrected chi connectivity index (χ4v) is 1.62. The third-order valence-corrected chi connectivity index (χ3v) is 2.37. The topological polar surface area (TPSA) is 24.7 Å². The Labute approximate surface area is 78.7 Å². The molecule has 0 radical (unpaired) electrons. The van der Waals surface area contributed by atoms with Crippen LogP contribution in [-0.4, -0.2) is 6.54 Å². The highest BCUT2D eigenvalue weighted by Gasteiger charge is 2.02. The van der Waals surface area contributed by atoms with E-state index < -0.39 is 0 Å². The van der Waals surface area contributed by atoms with Crippen molar-refractivity contribution in [1.82, 2.24) is 0 Å². The molecule has 0 saturated carbocycles. The Morgan fingerprint density at radius 1 is 1.00 bits per heavy atom. The molecule has 0 saturated heterocycles. The van der Waals surface area contributed by atoms with Gasteiger partial charge in [0.1, 0.15) is 0 Å². The van der Waals surface area contributed by atoms with Gasteiger partial charge < -0.3 is 0 Å². The molecular weight excluding hydrogens is 160 g/mol. The maximum absolute atomic E-state index is 4.23. The number of fused-ring (bicyclic) bond motifs is 1. The molecule has 0 atom stereocenters. The van der Waals surface area contributed by atoms with Crippen molar-refractivity contribution in [1.29, 1.82) is 0 Å². The monoisotopic (exact) mass is 174 g/mol. The predicted molar refractivity (Wildman–Crippen MR) is 53.4 cm³/mol. The molecule has 0 bridgehead atoms. The Balaban J connectivity index is 2.28. The van der Waals surface area contributed by atoms with E-state index >= 15 is 0 Å². The zero-order valence-corrected chi connectivity index (χ0v) is 7.74. The maximum Gasteiger partial charge on any atom is 0.0884 e. The van der Waals surface area contributed by atoms with E-state index in [0.29, 0.717) is 0 Å². The summed E-state index contributed by atoms with van der Waals surface area (Å²) < 4.78 is 0. The van der Waals surface area contributed by atoms with E-state index in [0.717, 1.165) is 18.7 Å². The van der Waals surface area contributed by atoms with E-state index in [2.05, 4.69) is 22.4 Å². The van der Waals surface area contributed by atoms with Crippen LogP contribution in [0.1, 0.15) is 24.8 Å². The first-order valence-electron chi connectivity index (χ1n) is 4.92. The van der Waals surface area contributed by atoms with Crippen molar-refractivity contribution < 1.29 is 0 Å². The van der Waals surface area contributed by atoms with Crippen molar-refractivity contribution in [3.63, 3.8) is 0 Å². The van der Waals surface area contributed by atoms with E-state index in [1.54, 1.807) is 0 Å². The summed E-state index contributed by atoms with van der Waals surface area (Å²) in [5.74, 6) is 0. The summed E-state index contributed by atoms with van der Waals surface area (Å²) >= 11 is 0. The van der Waals surface area contributed by atoms with Crippen LogP contribution in [0.2, 0.25) is 0 Å². The Morgan fingerprint density at radius 2 is 1.92 bits per heavy atom. The second-order valence-corrected chi connectivity index (χ2v) is 3.40. The van der Waals surface area contributed by atoms with Gasteiger partial charge in [-0.1, -0.05) is 24.6 Å². The molecule has 0 fully saturated rings. The third-order valence-electron chi connectivity index (χ3n) is 2.37. The molecule has 1 aliphatic rings. The van der Waals surface area contributed by atoms with Crippen molar-refractivity contribution in [2.24, 2.45) is 10.2 Å². The minimum absolute atomic E-state index is 0.883. The molecule has 0 aromatic heterocycles. The molecule has 0 aliphatic carbocycles. The average molecular weight is 174 g/mol. The van der Waals surface area contributed by atoms with Crippen molar-refractivity contribution in [2.45, 2.75) is 25.7 Å². The van der Waals surface area contributed by atoms with Crippen LogP contribution in [0.4, 0.5) is 5.69 Å². The summed E-state index contributed by atoms with van der Waals surface area (Å²) in [4.78, 5) is 0. The van der Waals surface area contributed by atoms with E-state index in [1.807, 2.05) is 12.1 Å². The quantitative estimate of drug-likeness (QED) is 0.575. The number of benzene rings is 1. The smallest absolute Gasteiger partial charge is 0.0884 e. The summed E-state index contributed by atoms with van der Waals surface area (Å²) in [6.07, 6.45) is 4.86. The van der Waals surface area contributed by atoms with Gasteiger partial charge in [-0.15, -0.1) is 0 Å². The zero-order chi connectivity index (χ0) is 8.93. The summed E-state index contributed by atoms with van der Waals surface area (Å²) in [7, 11) is 0. The van der Waals surface area contributed by atoms with Gasteiger partial charge in [0.05, 0.1) is 12.2 Å². The number of hydrogen-bond donors (Lipinski definition) is 0. The average Bonchev–Trinajstić information content (AvgIpc) is 2.28. The number of nitrogens with zero attached hydrogens (tertiary/aromatic N) is 2. The number of hydrogen-bond acceptors (Lipinski definition) is 2. The van der Waals surface area contributed by atoms with Crippen LogP contribution >= 0.6 is 0 Å². The molecule has 0 N–H and O–H groups in total. The highest BCUT2D eigenvalue weighted by molar-refractivity contribution is 5.45. The highest BCUT2D eigenvalue weighted by atomic mass is 15.1. The minimum Gasteiger partial charge on any atom is -0.189 e. The van der Waals surface area contributed by atoms with Crippen LogP contribution in [0, 0.1) is 0 Å². The molecule has 2 heteroatoms. The Morgan fingerprint density at radius 3 is 2.92 bits per heavy atom. The number of rotatable bonds is 0. The van der Waals surface area contributed by atoms with Crippen LogP contribution in [-0.2, 0) is 6.42 Å². The number of aryl methyl sites for hydroxylation is 1. The lowest BCUT2D eigenvalue weighted by Gasteiger charge is -2.01. The summed E-state index contributed by atoms with van der Waals surface area (Å²) in [5, 5.41) is 8.39.